The van der Waals surface area contributed by atoms with Gasteiger partial charge in [0.15, 0.2) is 11.6 Å². The number of alkyl halides is 1. The molecule has 3 rings (SSSR count). The fourth-order valence-electron chi connectivity index (χ4n) is 2.05. The van der Waals surface area contributed by atoms with E-state index in [0.717, 1.165) is 0 Å². The minimum atomic E-state index is -0.929. The maximum absolute atomic E-state index is 13.9. The zero-order chi connectivity index (χ0) is 13.4. The lowest BCUT2D eigenvalue weighted by molar-refractivity contribution is 0.271. The highest BCUT2D eigenvalue weighted by Gasteiger charge is 2.29. The van der Waals surface area contributed by atoms with Gasteiger partial charge in [0.2, 0.25) is 0 Å². The third-order valence-electron chi connectivity index (χ3n) is 3.07. The first-order chi connectivity index (χ1) is 9.15. The summed E-state index contributed by atoms with van der Waals surface area (Å²) < 4.78 is 40.2. The normalized spacial score (nSPS) is 15.4. The molecule has 2 heterocycles. The molecule has 0 N–H and O–H groups in total. The Morgan fingerprint density at radius 1 is 1.32 bits per heavy atom. The monoisotopic (exact) mass is 263 g/mol. The smallest absolute Gasteiger partial charge is 0.166 e. The molecule has 1 fully saturated rings. The predicted octanol–water partition coefficient (Wildman–Crippen LogP) is 2.99. The average Bonchev–Trinajstić information content (AvgIpc) is 2.36. The van der Waals surface area contributed by atoms with Gasteiger partial charge in [-0.15, -0.1) is 0 Å². The molecule has 1 aromatic carbocycles. The Kier molecular flexibility index (Phi) is 2.89. The lowest BCUT2D eigenvalue weighted by atomic mass is 10.1. The highest BCUT2D eigenvalue weighted by Crippen LogP contribution is 2.28. The van der Waals surface area contributed by atoms with E-state index < -0.39 is 17.8 Å². The first-order valence-electron chi connectivity index (χ1n) is 5.86. The summed E-state index contributed by atoms with van der Waals surface area (Å²) in [5.41, 5.74) is 0.584. The van der Waals surface area contributed by atoms with Crippen LogP contribution in [0.4, 0.5) is 19.0 Å². The van der Waals surface area contributed by atoms with Gasteiger partial charge in [0.25, 0.3) is 0 Å². The quantitative estimate of drug-likeness (QED) is 0.828. The Morgan fingerprint density at radius 2 is 2.11 bits per heavy atom. The van der Waals surface area contributed by atoms with Gasteiger partial charge < -0.3 is 4.90 Å². The molecule has 2 nitrogen and oxygen atoms in total. The van der Waals surface area contributed by atoms with E-state index in [9.17, 15) is 13.2 Å². The van der Waals surface area contributed by atoms with Crippen LogP contribution in [0.25, 0.3) is 11.1 Å². The summed E-state index contributed by atoms with van der Waals surface area (Å²) in [6, 6.07) is 8.21. The van der Waals surface area contributed by atoms with Crippen molar-refractivity contribution in [1.29, 1.82) is 0 Å². The van der Waals surface area contributed by atoms with Gasteiger partial charge in [-0.2, -0.15) is 0 Å². The lowest BCUT2D eigenvalue weighted by Crippen LogP contribution is -2.49. The van der Waals surface area contributed by atoms with E-state index in [1.807, 2.05) is 0 Å². The van der Waals surface area contributed by atoms with E-state index in [2.05, 4.69) is 11.1 Å². The largest absolute Gasteiger partial charge is 0.348 e. The lowest BCUT2D eigenvalue weighted by Gasteiger charge is -2.35. The number of rotatable bonds is 2. The van der Waals surface area contributed by atoms with E-state index in [-0.39, 0.29) is 24.5 Å². The minimum Gasteiger partial charge on any atom is -0.348 e. The molecule has 5 heteroatoms. The van der Waals surface area contributed by atoms with Gasteiger partial charge >= 0.3 is 0 Å². The molecule has 0 atom stereocenters. The Balaban J connectivity index is 1.94. The zero-order valence-electron chi connectivity index (χ0n) is 9.91. The molecule has 0 bridgehead atoms. The van der Waals surface area contributed by atoms with Crippen LogP contribution in [-0.2, 0) is 0 Å². The van der Waals surface area contributed by atoms with E-state index in [1.54, 1.807) is 6.07 Å². The summed E-state index contributed by atoms with van der Waals surface area (Å²) in [6.45, 7) is 0.299. The fraction of sp³-hybridized carbons (Fsp3) is 0.214. The average molecular weight is 263 g/mol. The third kappa shape index (κ3) is 2.16. The molecule has 97 valence electrons. The molecule has 0 aliphatic carbocycles. The van der Waals surface area contributed by atoms with Gasteiger partial charge in [0.05, 0.1) is 13.1 Å². The second-order valence-corrected chi connectivity index (χ2v) is 4.43. The second kappa shape index (κ2) is 4.57. The standard InChI is InChI=1S/C14H10F3N2/c15-10-7-19(8-10)14-13(17)5-9(6-18-14)11-3-1-2-4-12(11)16/h1-3,5-6,10H,7-8H2. The molecule has 1 aliphatic rings. The molecule has 19 heavy (non-hydrogen) atoms. The Hall–Kier alpha value is -2.04. The Bertz CT molecular complexity index is 609. The summed E-state index contributed by atoms with van der Waals surface area (Å²) in [5, 5.41) is 0. The SMILES string of the molecule is Fc1[c]cccc1-c1cnc(N2CC(F)C2)c(F)c1. The first kappa shape index (κ1) is 12.0. The van der Waals surface area contributed by atoms with Crippen molar-refractivity contribution in [2.75, 3.05) is 18.0 Å². The van der Waals surface area contributed by atoms with Gasteiger partial charge in [-0.25, -0.2) is 18.2 Å². The number of benzene rings is 1. The van der Waals surface area contributed by atoms with Crippen molar-refractivity contribution >= 4 is 5.82 Å². The number of hydrogen-bond acceptors (Lipinski definition) is 2. The van der Waals surface area contributed by atoms with Gasteiger partial charge in [-0.3, -0.25) is 0 Å². The van der Waals surface area contributed by atoms with E-state index in [0.29, 0.717) is 5.56 Å². The van der Waals surface area contributed by atoms with Crippen molar-refractivity contribution in [2.24, 2.45) is 0 Å². The van der Waals surface area contributed by atoms with Crippen LogP contribution < -0.4 is 4.90 Å². The number of halogens is 3. The van der Waals surface area contributed by atoms with Crippen molar-refractivity contribution in [3.05, 3.63) is 48.2 Å². The number of aromatic nitrogens is 1. The van der Waals surface area contributed by atoms with Crippen LogP contribution in [0.5, 0.6) is 0 Å². The highest BCUT2D eigenvalue weighted by atomic mass is 19.1. The molecule has 1 aromatic heterocycles. The van der Waals surface area contributed by atoms with Gasteiger partial charge in [0.1, 0.15) is 12.0 Å². The van der Waals surface area contributed by atoms with Gasteiger partial charge in [-0.1, -0.05) is 18.2 Å². The van der Waals surface area contributed by atoms with Crippen molar-refractivity contribution in [3.63, 3.8) is 0 Å². The highest BCUT2D eigenvalue weighted by molar-refractivity contribution is 5.65. The molecule has 0 unspecified atom stereocenters. The third-order valence-corrected chi connectivity index (χ3v) is 3.07. The summed E-state index contributed by atoms with van der Waals surface area (Å²) in [7, 11) is 0. The molecule has 0 spiro atoms. The van der Waals surface area contributed by atoms with Crippen LogP contribution in [0.2, 0.25) is 0 Å². The molecule has 1 saturated heterocycles. The number of anilines is 1. The van der Waals surface area contributed by atoms with E-state index in [4.69, 9.17) is 0 Å². The zero-order valence-corrected chi connectivity index (χ0v) is 9.91. The molecule has 0 amide bonds. The topological polar surface area (TPSA) is 16.1 Å². The number of hydrogen-bond donors (Lipinski definition) is 0. The fourth-order valence-corrected chi connectivity index (χ4v) is 2.05. The maximum Gasteiger partial charge on any atom is 0.166 e. The number of pyridine rings is 1. The van der Waals surface area contributed by atoms with Gasteiger partial charge in [-0.05, 0) is 6.07 Å². The van der Waals surface area contributed by atoms with Crippen LogP contribution in [0.1, 0.15) is 0 Å². The summed E-state index contributed by atoms with van der Waals surface area (Å²) in [4.78, 5) is 5.47. The van der Waals surface area contributed by atoms with Crippen molar-refractivity contribution in [2.45, 2.75) is 6.17 Å². The molecule has 1 radical (unpaired) electrons. The van der Waals surface area contributed by atoms with Crippen molar-refractivity contribution < 1.29 is 13.2 Å². The van der Waals surface area contributed by atoms with E-state index >= 15 is 0 Å². The van der Waals surface area contributed by atoms with Crippen molar-refractivity contribution in [3.8, 4) is 11.1 Å². The van der Waals surface area contributed by atoms with E-state index in [1.165, 1.54) is 29.3 Å². The number of nitrogens with zero attached hydrogens (tertiary/aromatic N) is 2. The molecule has 0 saturated carbocycles. The van der Waals surface area contributed by atoms with Crippen LogP contribution >= 0.6 is 0 Å². The maximum atomic E-state index is 13.9. The van der Waals surface area contributed by atoms with Crippen LogP contribution in [-0.4, -0.2) is 24.2 Å². The first-order valence-corrected chi connectivity index (χ1v) is 5.86. The molecule has 2 aromatic rings. The van der Waals surface area contributed by atoms with Gasteiger partial charge in [0, 0.05) is 23.4 Å². The second-order valence-electron chi connectivity index (χ2n) is 4.43. The Labute approximate surface area is 108 Å². The summed E-state index contributed by atoms with van der Waals surface area (Å²) in [6.07, 6.45) is 0.456. The van der Waals surface area contributed by atoms with Crippen LogP contribution in [0.3, 0.4) is 0 Å². The molecular formula is C14H10F3N2. The van der Waals surface area contributed by atoms with Crippen LogP contribution in [0.15, 0.2) is 30.5 Å². The van der Waals surface area contributed by atoms with Crippen molar-refractivity contribution in [1.82, 2.24) is 4.98 Å². The minimum absolute atomic E-state index is 0.109. The summed E-state index contributed by atoms with van der Waals surface area (Å²) in [5.74, 6) is -1.02. The molecule has 1 aliphatic heterocycles. The van der Waals surface area contributed by atoms with Crippen LogP contribution in [0, 0.1) is 17.7 Å². The molecular weight excluding hydrogens is 253 g/mol. The Morgan fingerprint density at radius 3 is 2.74 bits per heavy atom. The predicted molar refractivity (Wildman–Crippen MR) is 65.5 cm³/mol. The summed E-state index contributed by atoms with van der Waals surface area (Å²) >= 11 is 0.